The number of ether oxygens (including phenoxy) is 1. The number of aliphatic hydroxyl groups excluding tert-OH is 1. The van der Waals surface area contributed by atoms with Crippen molar-refractivity contribution in [2.45, 2.75) is 46.5 Å². The maximum absolute atomic E-state index is 9.43. The average molecular weight is 257 g/mol. The lowest BCUT2D eigenvalue weighted by molar-refractivity contribution is 0.0361. The van der Waals surface area contributed by atoms with Gasteiger partial charge in [-0.3, -0.25) is 4.90 Å². The SMILES string of the molecule is CC(C)(C)CC[C@@H](CO)CCCN1CCOCC1. The van der Waals surface area contributed by atoms with Gasteiger partial charge in [-0.1, -0.05) is 20.8 Å². The maximum Gasteiger partial charge on any atom is 0.0594 e. The van der Waals surface area contributed by atoms with E-state index < -0.39 is 0 Å². The van der Waals surface area contributed by atoms with E-state index in [-0.39, 0.29) is 0 Å². The van der Waals surface area contributed by atoms with E-state index in [4.69, 9.17) is 4.74 Å². The van der Waals surface area contributed by atoms with Gasteiger partial charge in [-0.2, -0.15) is 0 Å². The molecule has 18 heavy (non-hydrogen) atoms. The van der Waals surface area contributed by atoms with Crippen LogP contribution in [0.25, 0.3) is 0 Å². The van der Waals surface area contributed by atoms with Crippen LogP contribution in [0.1, 0.15) is 46.5 Å². The summed E-state index contributed by atoms with van der Waals surface area (Å²) in [5, 5.41) is 9.43. The topological polar surface area (TPSA) is 32.7 Å². The Kier molecular flexibility index (Phi) is 7.20. The fourth-order valence-electron chi connectivity index (χ4n) is 2.39. The first-order chi connectivity index (χ1) is 8.51. The summed E-state index contributed by atoms with van der Waals surface area (Å²) in [7, 11) is 0. The van der Waals surface area contributed by atoms with Crippen LogP contribution in [0.4, 0.5) is 0 Å². The van der Waals surface area contributed by atoms with Gasteiger partial charge in [0, 0.05) is 19.7 Å². The zero-order valence-corrected chi connectivity index (χ0v) is 12.5. The van der Waals surface area contributed by atoms with Crippen molar-refractivity contribution in [3.8, 4) is 0 Å². The highest BCUT2D eigenvalue weighted by Gasteiger charge is 2.16. The molecule has 3 nitrogen and oxygen atoms in total. The second-order valence-electron chi connectivity index (χ2n) is 6.74. The van der Waals surface area contributed by atoms with Crippen molar-refractivity contribution in [3.63, 3.8) is 0 Å². The Hall–Kier alpha value is -0.120. The Morgan fingerprint density at radius 2 is 1.83 bits per heavy atom. The first kappa shape index (κ1) is 15.9. The molecule has 1 atom stereocenters. The van der Waals surface area contributed by atoms with Gasteiger partial charge >= 0.3 is 0 Å². The lowest BCUT2D eigenvalue weighted by atomic mass is 9.85. The molecule has 1 N–H and O–H groups in total. The summed E-state index contributed by atoms with van der Waals surface area (Å²) in [5.41, 5.74) is 0.387. The average Bonchev–Trinajstić information content (AvgIpc) is 2.33. The van der Waals surface area contributed by atoms with Crippen molar-refractivity contribution >= 4 is 0 Å². The van der Waals surface area contributed by atoms with Gasteiger partial charge in [0.1, 0.15) is 0 Å². The molecule has 0 unspecified atom stereocenters. The van der Waals surface area contributed by atoms with E-state index in [9.17, 15) is 5.11 Å². The minimum atomic E-state index is 0.346. The summed E-state index contributed by atoms with van der Waals surface area (Å²) in [5.74, 6) is 0.491. The minimum Gasteiger partial charge on any atom is -0.396 e. The fourth-order valence-corrected chi connectivity index (χ4v) is 2.39. The highest BCUT2D eigenvalue weighted by molar-refractivity contribution is 4.68. The predicted molar refractivity (Wildman–Crippen MR) is 75.8 cm³/mol. The van der Waals surface area contributed by atoms with Crippen molar-refractivity contribution in [1.29, 1.82) is 0 Å². The van der Waals surface area contributed by atoms with Gasteiger partial charge in [-0.25, -0.2) is 0 Å². The van der Waals surface area contributed by atoms with Crippen LogP contribution in [0, 0.1) is 11.3 Å². The highest BCUT2D eigenvalue weighted by atomic mass is 16.5. The predicted octanol–water partition coefficient (Wildman–Crippen LogP) is 2.53. The van der Waals surface area contributed by atoms with Crippen LogP contribution in [-0.2, 0) is 4.74 Å². The van der Waals surface area contributed by atoms with Crippen LogP contribution in [-0.4, -0.2) is 49.5 Å². The highest BCUT2D eigenvalue weighted by Crippen LogP contribution is 2.25. The van der Waals surface area contributed by atoms with Crippen molar-refractivity contribution in [3.05, 3.63) is 0 Å². The normalized spacial score (nSPS) is 20.0. The molecule has 0 spiro atoms. The molecule has 108 valence electrons. The summed E-state index contributed by atoms with van der Waals surface area (Å²) in [6, 6.07) is 0. The molecule has 1 aliphatic heterocycles. The Balaban J connectivity index is 2.10. The molecular formula is C15H31NO2. The Labute approximate surface area is 113 Å². The smallest absolute Gasteiger partial charge is 0.0594 e. The quantitative estimate of drug-likeness (QED) is 0.761. The van der Waals surface area contributed by atoms with E-state index in [1.54, 1.807) is 0 Å². The Morgan fingerprint density at radius 1 is 1.17 bits per heavy atom. The molecular weight excluding hydrogens is 226 g/mol. The van der Waals surface area contributed by atoms with Crippen molar-refractivity contribution in [2.75, 3.05) is 39.5 Å². The summed E-state index contributed by atoms with van der Waals surface area (Å²) in [6.45, 7) is 12.2. The number of hydrogen-bond acceptors (Lipinski definition) is 3. The lowest BCUT2D eigenvalue weighted by Crippen LogP contribution is -2.37. The number of morpholine rings is 1. The largest absolute Gasteiger partial charge is 0.396 e. The van der Waals surface area contributed by atoms with Gasteiger partial charge in [0.15, 0.2) is 0 Å². The molecule has 0 saturated carbocycles. The minimum absolute atomic E-state index is 0.346. The molecule has 0 aromatic heterocycles. The van der Waals surface area contributed by atoms with Gasteiger partial charge in [0.2, 0.25) is 0 Å². The van der Waals surface area contributed by atoms with Crippen molar-refractivity contribution in [1.82, 2.24) is 4.90 Å². The first-order valence-corrected chi connectivity index (χ1v) is 7.42. The van der Waals surface area contributed by atoms with Gasteiger partial charge in [0.05, 0.1) is 13.2 Å². The molecule has 0 bridgehead atoms. The van der Waals surface area contributed by atoms with E-state index in [1.807, 2.05) is 0 Å². The third-order valence-electron chi connectivity index (χ3n) is 3.75. The molecule has 0 aliphatic carbocycles. The summed E-state index contributed by atoms with van der Waals surface area (Å²) in [4.78, 5) is 2.47. The van der Waals surface area contributed by atoms with E-state index in [0.29, 0.717) is 17.9 Å². The zero-order chi connectivity index (χ0) is 13.4. The summed E-state index contributed by atoms with van der Waals surface area (Å²) < 4.78 is 5.34. The van der Waals surface area contributed by atoms with Crippen LogP contribution in [0.15, 0.2) is 0 Å². The van der Waals surface area contributed by atoms with E-state index in [2.05, 4.69) is 25.7 Å². The Bertz CT molecular complexity index is 207. The van der Waals surface area contributed by atoms with Crippen LogP contribution in [0.3, 0.4) is 0 Å². The molecule has 0 aromatic carbocycles. The molecule has 1 rings (SSSR count). The number of nitrogens with zero attached hydrogens (tertiary/aromatic N) is 1. The molecule has 1 saturated heterocycles. The first-order valence-electron chi connectivity index (χ1n) is 7.42. The molecule has 0 amide bonds. The standard InChI is InChI=1S/C15H31NO2/c1-15(2,3)7-6-14(13-17)5-4-8-16-9-11-18-12-10-16/h14,17H,4-13H2,1-3H3/t14-/m0/s1. The van der Waals surface area contributed by atoms with E-state index in [0.717, 1.165) is 45.7 Å². The van der Waals surface area contributed by atoms with Crippen LogP contribution < -0.4 is 0 Å². The molecule has 1 aliphatic rings. The van der Waals surface area contributed by atoms with Gasteiger partial charge < -0.3 is 9.84 Å². The van der Waals surface area contributed by atoms with Crippen LogP contribution >= 0.6 is 0 Å². The van der Waals surface area contributed by atoms with E-state index in [1.165, 1.54) is 12.8 Å². The van der Waals surface area contributed by atoms with E-state index >= 15 is 0 Å². The second-order valence-corrected chi connectivity index (χ2v) is 6.74. The third-order valence-corrected chi connectivity index (χ3v) is 3.75. The van der Waals surface area contributed by atoms with Crippen LogP contribution in [0.2, 0.25) is 0 Å². The molecule has 0 aromatic rings. The zero-order valence-electron chi connectivity index (χ0n) is 12.5. The second kappa shape index (κ2) is 8.13. The summed E-state index contributed by atoms with van der Waals surface area (Å²) >= 11 is 0. The van der Waals surface area contributed by atoms with Gasteiger partial charge in [-0.05, 0) is 43.6 Å². The van der Waals surface area contributed by atoms with Crippen molar-refractivity contribution in [2.24, 2.45) is 11.3 Å². The molecule has 1 heterocycles. The molecule has 3 heteroatoms. The third kappa shape index (κ3) is 7.34. The Morgan fingerprint density at radius 3 is 2.39 bits per heavy atom. The van der Waals surface area contributed by atoms with Gasteiger partial charge in [0.25, 0.3) is 0 Å². The van der Waals surface area contributed by atoms with Gasteiger partial charge in [-0.15, -0.1) is 0 Å². The monoisotopic (exact) mass is 257 g/mol. The lowest BCUT2D eigenvalue weighted by Gasteiger charge is -2.27. The summed E-state index contributed by atoms with van der Waals surface area (Å²) in [6.07, 6.45) is 4.72. The van der Waals surface area contributed by atoms with Crippen molar-refractivity contribution < 1.29 is 9.84 Å². The molecule has 0 radical (unpaired) electrons. The van der Waals surface area contributed by atoms with Crippen LogP contribution in [0.5, 0.6) is 0 Å². The number of aliphatic hydroxyl groups is 1. The molecule has 1 fully saturated rings. The number of rotatable bonds is 7. The fraction of sp³-hybridized carbons (Fsp3) is 1.00. The maximum atomic E-state index is 9.43. The number of hydrogen-bond donors (Lipinski definition) is 1.